The van der Waals surface area contributed by atoms with Crippen LogP contribution in [0.15, 0.2) is 12.7 Å². The number of ether oxygens (including phenoxy) is 2. The van der Waals surface area contributed by atoms with Gasteiger partial charge in [0.25, 0.3) is 0 Å². The molecule has 0 aliphatic rings. The van der Waals surface area contributed by atoms with Gasteiger partial charge in [-0.2, -0.15) is 8.78 Å². The number of rotatable bonds is 6. The van der Waals surface area contributed by atoms with E-state index in [1.54, 1.807) is 0 Å². The molecule has 0 heterocycles. The fourth-order valence-corrected chi connectivity index (χ4v) is 1.16. The van der Waals surface area contributed by atoms with Crippen molar-refractivity contribution in [3.05, 3.63) is 41.7 Å². The number of carbonyl (C=O) groups excluding carboxylic acids is 1. The van der Waals surface area contributed by atoms with E-state index < -0.39 is 47.2 Å². The summed E-state index contributed by atoms with van der Waals surface area (Å²) in [4.78, 5) is 11.2. The summed E-state index contributed by atoms with van der Waals surface area (Å²) in [6.45, 7) is 3.32. The van der Waals surface area contributed by atoms with E-state index >= 15 is 0 Å². The molecule has 8 heteroatoms. The molecule has 0 N–H and O–H groups in total. The van der Waals surface area contributed by atoms with Crippen molar-refractivity contribution >= 4 is 5.97 Å². The Morgan fingerprint density at radius 2 is 1.50 bits per heavy atom. The van der Waals surface area contributed by atoms with Crippen LogP contribution in [-0.4, -0.2) is 19.2 Å². The normalized spacial score (nSPS) is 10.4. The quantitative estimate of drug-likeness (QED) is 0.154. The van der Waals surface area contributed by atoms with Crippen LogP contribution in [0.4, 0.5) is 22.0 Å². The van der Waals surface area contributed by atoms with E-state index in [1.165, 1.54) is 6.08 Å². The highest BCUT2D eigenvalue weighted by molar-refractivity contribution is 5.72. The molecular formula is C12H9F5O3. The second-order valence-electron chi connectivity index (χ2n) is 3.49. The minimum atomic E-state index is -2.32. The van der Waals surface area contributed by atoms with Crippen molar-refractivity contribution in [2.75, 3.05) is 13.2 Å². The van der Waals surface area contributed by atoms with Crippen molar-refractivity contribution in [1.29, 1.82) is 0 Å². The predicted octanol–water partition coefficient (Wildman–Crippen LogP) is 2.88. The molecule has 1 aromatic carbocycles. The van der Waals surface area contributed by atoms with E-state index in [0.29, 0.717) is 0 Å². The SMILES string of the molecule is C=CCOCCC(=O)Oc1c(F)c(F)c(F)c(F)c1F. The Hall–Kier alpha value is -1.96. The molecule has 0 aromatic heterocycles. The summed E-state index contributed by atoms with van der Waals surface area (Å²) in [6.07, 6.45) is 0.975. The van der Waals surface area contributed by atoms with Crippen molar-refractivity contribution in [3.8, 4) is 5.75 Å². The summed E-state index contributed by atoms with van der Waals surface area (Å²) in [5.74, 6) is -13.9. The van der Waals surface area contributed by atoms with Gasteiger partial charge < -0.3 is 9.47 Å². The first-order chi connectivity index (χ1) is 9.40. The molecule has 110 valence electrons. The van der Waals surface area contributed by atoms with Gasteiger partial charge in [0, 0.05) is 0 Å². The van der Waals surface area contributed by atoms with E-state index in [1.807, 2.05) is 0 Å². The van der Waals surface area contributed by atoms with Crippen LogP contribution in [0.3, 0.4) is 0 Å². The highest BCUT2D eigenvalue weighted by Gasteiger charge is 2.28. The van der Waals surface area contributed by atoms with Crippen LogP contribution in [0.5, 0.6) is 5.75 Å². The van der Waals surface area contributed by atoms with Gasteiger partial charge in [-0.25, -0.2) is 13.2 Å². The number of carbonyl (C=O) groups is 1. The van der Waals surface area contributed by atoms with E-state index in [-0.39, 0.29) is 13.2 Å². The number of halogens is 5. The lowest BCUT2D eigenvalue weighted by Gasteiger charge is -2.08. The average Bonchev–Trinajstić information content (AvgIpc) is 2.44. The Morgan fingerprint density at radius 3 is 2.00 bits per heavy atom. The first-order valence-corrected chi connectivity index (χ1v) is 5.30. The summed E-state index contributed by atoms with van der Waals surface area (Å²) in [6, 6.07) is 0. The maximum Gasteiger partial charge on any atom is 0.313 e. The predicted molar refractivity (Wildman–Crippen MR) is 57.5 cm³/mol. The number of hydrogen-bond acceptors (Lipinski definition) is 3. The zero-order valence-corrected chi connectivity index (χ0v) is 10.0. The molecule has 0 amide bonds. The van der Waals surface area contributed by atoms with Crippen LogP contribution < -0.4 is 4.74 Å². The number of esters is 1. The largest absolute Gasteiger partial charge is 0.420 e. The van der Waals surface area contributed by atoms with Crippen LogP contribution in [0.1, 0.15) is 6.42 Å². The third-order valence-corrected chi connectivity index (χ3v) is 2.07. The molecule has 20 heavy (non-hydrogen) atoms. The molecule has 0 spiro atoms. The van der Waals surface area contributed by atoms with Gasteiger partial charge >= 0.3 is 5.97 Å². The smallest absolute Gasteiger partial charge is 0.313 e. The van der Waals surface area contributed by atoms with Crippen molar-refractivity contribution in [3.63, 3.8) is 0 Å². The fourth-order valence-electron chi connectivity index (χ4n) is 1.16. The lowest BCUT2D eigenvalue weighted by Crippen LogP contribution is -2.15. The van der Waals surface area contributed by atoms with Crippen LogP contribution in [0.2, 0.25) is 0 Å². The Kier molecular flexibility index (Phi) is 5.63. The first-order valence-electron chi connectivity index (χ1n) is 5.30. The molecule has 3 nitrogen and oxygen atoms in total. The van der Waals surface area contributed by atoms with Crippen molar-refractivity contribution in [2.24, 2.45) is 0 Å². The highest BCUT2D eigenvalue weighted by atomic mass is 19.2. The summed E-state index contributed by atoms with van der Waals surface area (Å²) >= 11 is 0. The highest BCUT2D eigenvalue weighted by Crippen LogP contribution is 2.29. The lowest BCUT2D eigenvalue weighted by atomic mass is 10.2. The van der Waals surface area contributed by atoms with Gasteiger partial charge in [0.2, 0.25) is 34.8 Å². The Balaban J connectivity index is 2.82. The van der Waals surface area contributed by atoms with Crippen LogP contribution in [0, 0.1) is 29.1 Å². The van der Waals surface area contributed by atoms with E-state index in [4.69, 9.17) is 4.74 Å². The standard InChI is InChI=1S/C12H9F5O3/c1-2-4-19-5-3-6(18)20-12-10(16)8(14)7(13)9(15)11(12)17/h2H,1,3-5H2. The molecule has 0 radical (unpaired) electrons. The third kappa shape index (κ3) is 3.53. The molecule has 0 saturated heterocycles. The molecule has 0 atom stereocenters. The summed E-state index contributed by atoms with van der Waals surface area (Å²) in [5, 5.41) is 0. The molecule has 0 bridgehead atoms. The van der Waals surface area contributed by atoms with Gasteiger partial charge in [-0.15, -0.1) is 6.58 Å². The van der Waals surface area contributed by atoms with Crippen LogP contribution in [-0.2, 0) is 9.53 Å². The summed E-state index contributed by atoms with van der Waals surface area (Å²) < 4.78 is 73.6. The zero-order valence-electron chi connectivity index (χ0n) is 10.0. The zero-order chi connectivity index (χ0) is 15.3. The fraction of sp³-hybridized carbons (Fsp3) is 0.250. The number of benzene rings is 1. The topological polar surface area (TPSA) is 35.5 Å². The van der Waals surface area contributed by atoms with E-state index in [9.17, 15) is 26.7 Å². The molecule has 0 saturated carbocycles. The summed E-state index contributed by atoms with van der Waals surface area (Å²) in [5.41, 5.74) is 0. The molecule has 0 unspecified atom stereocenters. The molecule has 0 aliphatic carbocycles. The monoisotopic (exact) mass is 296 g/mol. The minimum Gasteiger partial charge on any atom is -0.420 e. The Labute approximate surface area is 110 Å². The maximum absolute atomic E-state index is 13.2. The van der Waals surface area contributed by atoms with Crippen molar-refractivity contribution < 1.29 is 36.2 Å². The summed E-state index contributed by atoms with van der Waals surface area (Å²) in [7, 11) is 0. The van der Waals surface area contributed by atoms with E-state index in [2.05, 4.69) is 11.3 Å². The van der Waals surface area contributed by atoms with Gasteiger partial charge in [-0.05, 0) is 0 Å². The molecule has 0 aliphatic heterocycles. The van der Waals surface area contributed by atoms with Gasteiger partial charge in [-0.1, -0.05) is 6.08 Å². The molecule has 1 aromatic rings. The molecular weight excluding hydrogens is 287 g/mol. The average molecular weight is 296 g/mol. The molecule has 1 rings (SSSR count). The van der Waals surface area contributed by atoms with Gasteiger partial charge in [0.15, 0.2) is 0 Å². The van der Waals surface area contributed by atoms with Crippen LogP contribution >= 0.6 is 0 Å². The second-order valence-corrected chi connectivity index (χ2v) is 3.49. The molecule has 0 fully saturated rings. The number of hydrogen-bond donors (Lipinski definition) is 0. The van der Waals surface area contributed by atoms with E-state index in [0.717, 1.165) is 0 Å². The van der Waals surface area contributed by atoms with Crippen LogP contribution in [0.25, 0.3) is 0 Å². The third-order valence-electron chi connectivity index (χ3n) is 2.07. The van der Waals surface area contributed by atoms with Gasteiger partial charge in [0.1, 0.15) is 0 Å². The lowest BCUT2D eigenvalue weighted by molar-refractivity contribution is -0.135. The first kappa shape index (κ1) is 16.1. The van der Waals surface area contributed by atoms with Gasteiger partial charge in [-0.3, -0.25) is 4.79 Å². The van der Waals surface area contributed by atoms with Crippen molar-refractivity contribution in [1.82, 2.24) is 0 Å². The minimum absolute atomic E-state index is 0.135. The Morgan fingerprint density at radius 1 is 1.00 bits per heavy atom. The van der Waals surface area contributed by atoms with Gasteiger partial charge in [0.05, 0.1) is 19.6 Å². The maximum atomic E-state index is 13.2. The van der Waals surface area contributed by atoms with Crippen molar-refractivity contribution in [2.45, 2.75) is 6.42 Å². The second kappa shape index (κ2) is 6.99. The Bertz CT molecular complexity index is 501.